The SMILES string of the molecule is CCCCCN(C)C1CCC(NCCC)C1. The van der Waals surface area contributed by atoms with Gasteiger partial charge in [-0.2, -0.15) is 0 Å². The first kappa shape index (κ1) is 14.0. The molecular formula is C14H30N2. The van der Waals surface area contributed by atoms with E-state index in [-0.39, 0.29) is 0 Å². The number of hydrogen-bond donors (Lipinski definition) is 1. The topological polar surface area (TPSA) is 15.3 Å². The molecule has 2 atom stereocenters. The van der Waals surface area contributed by atoms with Gasteiger partial charge in [-0.05, 0) is 52.2 Å². The van der Waals surface area contributed by atoms with E-state index in [1.54, 1.807) is 0 Å². The number of unbranched alkanes of at least 4 members (excludes halogenated alkanes) is 2. The standard InChI is InChI=1S/C14H30N2/c1-4-6-7-11-16(3)14-9-8-13(12-14)15-10-5-2/h13-15H,4-12H2,1-3H3. The highest BCUT2D eigenvalue weighted by atomic mass is 15.1. The third-order valence-corrected chi connectivity index (χ3v) is 3.83. The van der Waals surface area contributed by atoms with Crippen LogP contribution in [0.1, 0.15) is 58.8 Å². The lowest BCUT2D eigenvalue weighted by molar-refractivity contribution is 0.237. The molecule has 1 rings (SSSR count). The Hall–Kier alpha value is -0.0800. The summed E-state index contributed by atoms with van der Waals surface area (Å²) >= 11 is 0. The predicted octanol–water partition coefficient (Wildman–Crippen LogP) is 3.03. The summed E-state index contributed by atoms with van der Waals surface area (Å²) in [5.74, 6) is 0. The van der Waals surface area contributed by atoms with Crippen molar-refractivity contribution >= 4 is 0 Å². The number of nitrogens with zero attached hydrogens (tertiary/aromatic N) is 1. The van der Waals surface area contributed by atoms with Crippen molar-refractivity contribution in [3.63, 3.8) is 0 Å². The normalized spacial score (nSPS) is 25.5. The molecule has 1 N–H and O–H groups in total. The van der Waals surface area contributed by atoms with Gasteiger partial charge < -0.3 is 10.2 Å². The molecule has 0 bridgehead atoms. The van der Waals surface area contributed by atoms with E-state index in [1.165, 1.54) is 58.0 Å². The summed E-state index contributed by atoms with van der Waals surface area (Å²) in [4.78, 5) is 2.59. The molecule has 96 valence electrons. The summed E-state index contributed by atoms with van der Waals surface area (Å²) in [6.45, 7) is 7.01. The van der Waals surface area contributed by atoms with Gasteiger partial charge >= 0.3 is 0 Å². The van der Waals surface area contributed by atoms with Crippen LogP contribution < -0.4 is 5.32 Å². The number of hydrogen-bond acceptors (Lipinski definition) is 2. The molecule has 2 nitrogen and oxygen atoms in total. The molecular weight excluding hydrogens is 196 g/mol. The zero-order chi connectivity index (χ0) is 11.8. The van der Waals surface area contributed by atoms with Crippen molar-refractivity contribution in [3.8, 4) is 0 Å². The molecule has 0 saturated heterocycles. The summed E-state index contributed by atoms with van der Waals surface area (Å²) in [5, 5.41) is 3.66. The average Bonchev–Trinajstić information content (AvgIpc) is 2.75. The maximum atomic E-state index is 3.66. The van der Waals surface area contributed by atoms with Crippen LogP contribution in [0, 0.1) is 0 Å². The Morgan fingerprint density at radius 2 is 1.94 bits per heavy atom. The van der Waals surface area contributed by atoms with E-state index in [0.29, 0.717) is 0 Å². The van der Waals surface area contributed by atoms with Crippen molar-refractivity contribution in [2.24, 2.45) is 0 Å². The molecule has 1 aliphatic rings. The molecule has 0 aromatic carbocycles. The van der Waals surface area contributed by atoms with E-state index >= 15 is 0 Å². The zero-order valence-electron chi connectivity index (χ0n) is 11.5. The van der Waals surface area contributed by atoms with Crippen molar-refractivity contribution in [2.45, 2.75) is 70.9 Å². The molecule has 0 amide bonds. The minimum Gasteiger partial charge on any atom is -0.314 e. The van der Waals surface area contributed by atoms with Gasteiger partial charge in [-0.15, -0.1) is 0 Å². The smallest absolute Gasteiger partial charge is 0.0108 e. The van der Waals surface area contributed by atoms with Gasteiger partial charge in [-0.25, -0.2) is 0 Å². The molecule has 0 aromatic heterocycles. The maximum Gasteiger partial charge on any atom is 0.0108 e. The quantitative estimate of drug-likeness (QED) is 0.640. The third kappa shape index (κ3) is 4.84. The zero-order valence-corrected chi connectivity index (χ0v) is 11.5. The minimum absolute atomic E-state index is 0.790. The third-order valence-electron chi connectivity index (χ3n) is 3.83. The van der Waals surface area contributed by atoms with Crippen LogP contribution in [-0.2, 0) is 0 Å². The lowest BCUT2D eigenvalue weighted by Gasteiger charge is -2.24. The van der Waals surface area contributed by atoms with Gasteiger partial charge in [0.2, 0.25) is 0 Å². The van der Waals surface area contributed by atoms with Crippen LogP contribution in [0.2, 0.25) is 0 Å². The van der Waals surface area contributed by atoms with Crippen molar-refractivity contribution in [3.05, 3.63) is 0 Å². The van der Waals surface area contributed by atoms with E-state index in [1.807, 2.05) is 0 Å². The van der Waals surface area contributed by atoms with Gasteiger partial charge in [0.1, 0.15) is 0 Å². The van der Waals surface area contributed by atoms with Crippen LogP contribution >= 0.6 is 0 Å². The Kier molecular flexibility index (Phi) is 7.06. The molecule has 1 saturated carbocycles. The number of rotatable bonds is 8. The fourth-order valence-corrected chi connectivity index (χ4v) is 2.69. The van der Waals surface area contributed by atoms with E-state index in [4.69, 9.17) is 0 Å². The van der Waals surface area contributed by atoms with E-state index in [9.17, 15) is 0 Å². The molecule has 0 aliphatic heterocycles. The molecule has 0 radical (unpaired) electrons. The Bertz CT molecular complexity index is 170. The molecule has 1 fully saturated rings. The highest BCUT2D eigenvalue weighted by Crippen LogP contribution is 2.23. The molecule has 2 unspecified atom stereocenters. The van der Waals surface area contributed by atoms with E-state index in [2.05, 4.69) is 31.1 Å². The van der Waals surface area contributed by atoms with Gasteiger partial charge in [-0.3, -0.25) is 0 Å². The summed E-state index contributed by atoms with van der Waals surface area (Å²) in [7, 11) is 2.31. The maximum absolute atomic E-state index is 3.66. The van der Waals surface area contributed by atoms with Crippen LogP contribution in [0.5, 0.6) is 0 Å². The first-order valence-electron chi connectivity index (χ1n) is 7.21. The van der Waals surface area contributed by atoms with Crippen LogP contribution in [0.3, 0.4) is 0 Å². The van der Waals surface area contributed by atoms with Gasteiger partial charge in [0.15, 0.2) is 0 Å². The van der Waals surface area contributed by atoms with Crippen LogP contribution in [-0.4, -0.2) is 37.1 Å². The number of nitrogens with one attached hydrogen (secondary N) is 1. The summed E-state index contributed by atoms with van der Waals surface area (Å²) in [6, 6.07) is 1.63. The second-order valence-corrected chi connectivity index (χ2v) is 5.31. The van der Waals surface area contributed by atoms with E-state index in [0.717, 1.165) is 12.1 Å². The lowest BCUT2D eigenvalue weighted by Crippen LogP contribution is -2.33. The molecule has 0 spiro atoms. The van der Waals surface area contributed by atoms with Gasteiger partial charge in [0.05, 0.1) is 0 Å². The second kappa shape index (κ2) is 8.08. The highest BCUT2D eigenvalue weighted by Gasteiger charge is 2.26. The molecule has 2 heteroatoms. The van der Waals surface area contributed by atoms with Crippen molar-refractivity contribution < 1.29 is 0 Å². The van der Waals surface area contributed by atoms with Crippen molar-refractivity contribution in [1.29, 1.82) is 0 Å². The van der Waals surface area contributed by atoms with Gasteiger partial charge in [-0.1, -0.05) is 26.7 Å². The van der Waals surface area contributed by atoms with Gasteiger partial charge in [0.25, 0.3) is 0 Å². The Morgan fingerprint density at radius 3 is 2.62 bits per heavy atom. The first-order valence-corrected chi connectivity index (χ1v) is 7.21. The molecule has 0 aromatic rings. The molecule has 1 aliphatic carbocycles. The predicted molar refractivity (Wildman–Crippen MR) is 71.9 cm³/mol. The van der Waals surface area contributed by atoms with Crippen LogP contribution in [0.25, 0.3) is 0 Å². The van der Waals surface area contributed by atoms with Crippen LogP contribution in [0.15, 0.2) is 0 Å². The average molecular weight is 226 g/mol. The van der Waals surface area contributed by atoms with Gasteiger partial charge in [0, 0.05) is 12.1 Å². The molecule has 16 heavy (non-hydrogen) atoms. The van der Waals surface area contributed by atoms with Crippen LogP contribution in [0.4, 0.5) is 0 Å². The summed E-state index contributed by atoms with van der Waals surface area (Å²) in [5.41, 5.74) is 0. The van der Waals surface area contributed by atoms with Crippen molar-refractivity contribution in [1.82, 2.24) is 10.2 Å². The Labute approximate surface area is 102 Å². The molecule has 0 heterocycles. The highest BCUT2D eigenvalue weighted by molar-refractivity contribution is 4.85. The summed E-state index contributed by atoms with van der Waals surface area (Å²) < 4.78 is 0. The Balaban J connectivity index is 2.13. The fourth-order valence-electron chi connectivity index (χ4n) is 2.69. The monoisotopic (exact) mass is 226 g/mol. The summed E-state index contributed by atoms with van der Waals surface area (Å²) in [6.07, 6.45) is 9.48. The largest absolute Gasteiger partial charge is 0.314 e. The minimum atomic E-state index is 0.790. The second-order valence-electron chi connectivity index (χ2n) is 5.31. The Morgan fingerprint density at radius 1 is 1.12 bits per heavy atom. The fraction of sp³-hybridized carbons (Fsp3) is 1.00. The lowest BCUT2D eigenvalue weighted by atomic mass is 10.2. The van der Waals surface area contributed by atoms with E-state index < -0.39 is 0 Å². The first-order chi connectivity index (χ1) is 7.77. The van der Waals surface area contributed by atoms with Crippen molar-refractivity contribution in [2.75, 3.05) is 20.1 Å².